The van der Waals surface area contributed by atoms with Crippen LogP contribution in [0.3, 0.4) is 0 Å². The number of unbranched alkanes of at least 4 members (excludes halogenated alkanes) is 4. The molecule has 0 aliphatic heterocycles. The van der Waals surface area contributed by atoms with Gasteiger partial charge in [0.1, 0.15) is 12.4 Å². The van der Waals surface area contributed by atoms with Gasteiger partial charge < -0.3 is 10.1 Å². The maximum atomic E-state index is 12.1. The molecule has 0 spiro atoms. The van der Waals surface area contributed by atoms with E-state index in [1.165, 1.54) is 19.3 Å². The van der Waals surface area contributed by atoms with Crippen molar-refractivity contribution in [1.29, 1.82) is 0 Å². The Morgan fingerprint density at radius 1 is 0.917 bits per heavy atom. The molecule has 0 bridgehead atoms. The molecule has 1 N–H and O–H groups in total. The number of carbonyl (C=O) groups is 1. The highest BCUT2D eigenvalue weighted by Gasteiger charge is 2.07. The number of rotatable bonds is 10. The van der Waals surface area contributed by atoms with Crippen molar-refractivity contribution in [2.75, 3.05) is 5.32 Å². The topological polar surface area (TPSA) is 38.3 Å². The van der Waals surface area contributed by atoms with Gasteiger partial charge in [0.25, 0.3) is 0 Å². The first kappa shape index (κ1) is 18.1. The Balaban J connectivity index is 1.83. The van der Waals surface area contributed by atoms with E-state index in [-0.39, 0.29) is 5.91 Å². The molecule has 0 aliphatic rings. The lowest BCUT2D eigenvalue weighted by Gasteiger charge is -2.12. The molecule has 128 valence electrons. The second kappa shape index (κ2) is 10.5. The van der Waals surface area contributed by atoms with Crippen LogP contribution in [0.4, 0.5) is 5.69 Å². The van der Waals surface area contributed by atoms with Crippen molar-refractivity contribution in [3.8, 4) is 5.75 Å². The second-order valence-corrected chi connectivity index (χ2v) is 5.98. The van der Waals surface area contributed by atoms with E-state index in [4.69, 9.17) is 4.74 Å². The van der Waals surface area contributed by atoms with E-state index in [2.05, 4.69) is 12.2 Å². The summed E-state index contributed by atoms with van der Waals surface area (Å²) < 4.78 is 5.87. The van der Waals surface area contributed by atoms with Crippen LogP contribution in [0.2, 0.25) is 0 Å². The zero-order chi connectivity index (χ0) is 17.0. The first-order valence-electron chi connectivity index (χ1n) is 8.85. The minimum Gasteiger partial charge on any atom is -0.487 e. The number of ether oxygens (including phenoxy) is 1. The maximum Gasteiger partial charge on any atom is 0.224 e. The zero-order valence-electron chi connectivity index (χ0n) is 14.5. The van der Waals surface area contributed by atoms with Crippen molar-refractivity contribution in [2.45, 2.75) is 52.1 Å². The van der Waals surface area contributed by atoms with Crippen LogP contribution in [0, 0.1) is 0 Å². The summed E-state index contributed by atoms with van der Waals surface area (Å²) in [6.07, 6.45) is 6.31. The van der Waals surface area contributed by atoms with Crippen LogP contribution in [-0.4, -0.2) is 5.91 Å². The third-order valence-corrected chi connectivity index (χ3v) is 3.91. The minimum absolute atomic E-state index is 0.0576. The molecule has 3 heteroatoms. The number of carbonyl (C=O) groups excluding carboxylic acids is 1. The normalized spacial score (nSPS) is 10.4. The molecule has 1 amide bonds. The van der Waals surface area contributed by atoms with Gasteiger partial charge in [-0.05, 0) is 24.1 Å². The summed E-state index contributed by atoms with van der Waals surface area (Å²) in [5.74, 6) is 0.767. The smallest absolute Gasteiger partial charge is 0.224 e. The summed E-state index contributed by atoms with van der Waals surface area (Å²) in [5, 5.41) is 2.97. The molecule has 24 heavy (non-hydrogen) atoms. The first-order chi connectivity index (χ1) is 11.8. The van der Waals surface area contributed by atoms with Gasteiger partial charge in [-0.25, -0.2) is 0 Å². The number of para-hydroxylation sites is 2. The average Bonchev–Trinajstić information content (AvgIpc) is 2.62. The Labute approximate surface area is 145 Å². The number of hydrogen-bond acceptors (Lipinski definition) is 2. The fourth-order valence-corrected chi connectivity index (χ4v) is 2.53. The fraction of sp³-hybridized carbons (Fsp3) is 0.381. The summed E-state index contributed by atoms with van der Waals surface area (Å²) in [6.45, 7) is 2.68. The van der Waals surface area contributed by atoms with E-state index in [0.717, 1.165) is 24.1 Å². The Kier molecular flexibility index (Phi) is 7.88. The monoisotopic (exact) mass is 325 g/mol. The second-order valence-electron chi connectivity index (χ2n) is 5.98. The number of anilines is 1. The molecule has 0 aliphatic carbocycles. The summed E-state index contributed by atoms with van der Waals surface area (Å²) in [4.78, 5) is 12.1. The third kappa shape index (κ3) is 6.45. The van der Waals surface area contributed by atoms with E-state index in [9.17, 15) is 4.79 Å². The lowest BCUT2D eigenvalue weighted by Crippen LogP contribution is -2.12. The van der Waals surface area contributed by atoms with Crippen molar-refractivity contribution in [3.63, 3.8) is 0 Å². The maximum absolute atomic E-state index is 12.1. The van der Waals surface area contributed by atoms with Crippen molar-refractivity contribution in [3.05, 3.63) is 60.2 Å². The van der Waals surface area contributed by atoms with Crippen molar-refractivity contribution in [1.82, 2.24) is 0 Å². The molecular formula is C21H27NO2. The molecule has 0 unspecified atom stereocenters. The van der Waals surface area contributed by atoms with E-state index in [1.807, 2.05) is 54.6 Å². The molecule has 0 saturated carbocycles. The number of hydrogen-bond donors (Lipinski definition) is 1. The largest absolute Gasteiger partial charge is 0.487 e. The van der Waals surface area contributed by atoms with Crippen molar-refractivity contribution >= 4 is 11.6 Å². The van der Waals surface area contributed by atoms with Crippen molar-refractivity contribution < 1.29 is 9.53 Å². The van der Waals surface area contributed by atoms with Gasteiger partial charge in [-0.3, -0.25) is 4.79 Å². The van der Waals surface area contributed by atoms with Crippen molar-refractivity contribution in [2.24, 2.45) is 0 Å². The summed E-state index contributed by atoms with van der Waals surface area (Å²) in [7, 11) is 0. The van der Waals surface area contributed by atoms with E-state index in [1.54, 1.807) is 0 Å². The Bertz CT molecular complexity index is 610. The summed E-state index contributed by atoms with van der Waals surface area (Å²) >= 11 is 0. The van der Waals surface area contributed by atoms with Crippen LogP contribution in [-0.2, 0) is 11.4 Å². The highest BCUT2D eigenvalue weighted by molar-refractivity contribution is 5.92. The standard InChI is InChI=1S/C21H27NO2/c1-2-3-4-5-9-16-21(23)22-19-14-10-11-15-20(19)24-17-18-12-7-6-8-13-18/h6-8,10-15H,2-5,9,16-17H2,1H3,(H,22,23). The molecule has 2 aromatic carbocycles. The summed E-state index contributed by atoms with van der Waals surface area (Å²) in [5.41, 5.74) is 1.85. The summed E-state index contributed by atoms with van der Waals surface area (Å²) in [6, 6.07) is 17.6. The molecule has 0 fully saturated rings. The molecule has 0 aromatic heterocycles. The lowest BCUT2D eigenvalue weighted by molar-refractivity contribution is -0.116. The van der Waals surface area contributed by atoms with Gasteiger partial charge in [-0.2, -0.15) is 0 Å². The van der Waals surface area contributed by atoms with Gasteiger partial charge in [0.15, 0.2) is 0 Å². The van der Waals surface area contributed by atoms with Gasteiger partial charge in [-0.1, -0.05) is 75.1 Å². The first-order valence-corrected chi connectivity index (χ1v) is 8.85. The SMILES string of the molecule is CCCCCCCC(=O)Nc1ccccc1OCc1ccccc1. The minimum atomic E-state index is 0.0576. The number of amides is 1. The Morgan fingerprint density at radius 3 is 2.42 bits per heavy atom. The number of benzene rings is 2. The van der Waals surface area contributed by atoms with Gasteiger partial charge in [0.2, 0.25) is 5.91 Å². The van der Waals surface area contributed by atoms with Gasteiger partial charge >= 0.3 is 0 Å². The van der Waals surface area contributed by atoms with Crippen LogP contribution >= 0.6 is 0 Å². The van der Waals surface area contributed by atoms with Crippen LogP contribution in [0.5, 0.6) is 5.75 Å². The van der Waals surface area contributed by atoms with Crippen LogP contribution in [0.15, 0.2) is 54.6 Å². The number of nitrogens with one attached hydrogen (secondary N) is 1. The van der Waals surface area contributed by atoms with E-state index >= 15 is 0 Å². The van der Waals surface area contributed by atoms with Gasteiger partial charge in [-0.15, -0.1) is 0 Å². The predicted octanol–water partition coefficient (Wildman–Crippen LogP) is 5.56. The highest BCUT2D eigenvalue weighted by atomic mass is 16.5. The molecule has 0 radical (unpaired) electrons. The Hall–Kier alpha value is -2.29. The van der Waals surface area contributed by atoms with Crippen LogP contribution in [0.1, 0.15) is 51.0 Å². The predicted molar refractivity (Wildman–Crippen MR) is 99.2 cm³/mol. The Morgan fingerprint density at radius 2 is 1.62 bits per heavy atom. The molecule has 0 saturated heterocycles. The zero-order valence-corrected chi connectivity index (χ0v) is 14.5. The van der Waals surface area contributed by atoms with E-state index in [0.29, 0.717) is 18.8 Å². The quantitative estimate of drug-likeness (QED) is 0.580. The van der Waals surface area contributed by atoms with E-state index < -0.39 is 0 Å². The molecule has 3 nitrogen and oxygen atoms in total. The highest BCUT2D eigenvalue weighted by Crippen LogP contribution is 2.25. The van der Waals surface area contributed by atoms with Crippen LogP contribution in [0.25, 0.3) is 0 Å². The fourth-order valence-electron chi connectivity index (χ4n) is 2.53. The molecule has 0 atom stereocenters. The molecule has 2 rings (SSSR count). The van der Waals surface area contributed by atoms with Gasteiger partial charge in [0, 0.05) is 6.42 Å². The third-order valence-electron chi connectivity index (χ3n) is 3.91. The average molecular weight is 325 g/mol. The lowest BCUT2D eigenvalue weighted by atomic mass is 10.1. The van der Waals surface area contributed by atoms with Crippen LogP contribution < -0.4 is 10.1 Å². The molecular weight excluding hydrogens is 298 g/mol. The molecule has 2 aromatic rings. The van der Waals surface area contributed by atoms with Gasteiger partial charge in [0.05, 0.1) is 5.69 Å². The molecule has 0 heterocycles.